The van der Waals surface area contributed by atoms with E-state index in [1.165, 1.54) is 14.2 Å². The van der Waals surface area contributed by atoms with E-state index in [1.54, 1.807) is 19.9 Å². The summed E-state index contributed by atoms with van der Waals surface area (Å²) >= 11 is 0. The van der Waals surface area contributed by atoms with Crippen LogP contribution < -0.4 is 14.2 Å². The molecule has 1 unspecified atom stereocenters. The molecule has 0 fully saturated rings. The highest BCUT2D eigenvalue weighted by Gasteiger charge is 2.43. The van der Waals surface area contributed by atoms with Gasteiger partial charge < -0.3 is 24.4 Å². The quantitative estimate of drug-likeness (QED) is 0.822. The zero-order valence-corrected chi connectivity index (χ0v) is 10.3. The van der Waals surface area contributed by atoms with Crippen molar-refractivity contribution in [3.8, 4) is 23.0 Å². The Morgan fingerprint density at radius 2 is 1.94 bits per heavy atom. The van der Waals surface area contributed by atoms with E-state index in [0.717, 1.165) is 0 Å². The number of phenolic OH excluding ortho intramolecular Hbond substituents is 1. The second-order valence-electron chi connectivity index (χ2n) is 4.48. The summed E-state index contributed by atoms with van der Waals surface area (Å²) in [4.78, 5) is 0. The van der Waals surface area contributed by atoms with Gasteiger partial charge in [-0.2, -0.15) is 0 Å². The van der Waals surface area contributed by atoms with Crippen molar-refractivity contribution in [2.24, 2.45) is 0 Å². The van der Waals surface area contributed by atoms with Gasteiger partial charge in [0.05, 0.1) is 19.8 Å². The predicted molar refractivity (Wildman–Crippen MR) is 60.9 cm³/mol. The molecule has 5 nitrogen and oxygen atoms in total. The molecule has 0 saturated carbocycles. The fourth-order valence-electron chi connectivity index (χ4n) is 2.00. The summed E-state index contributed by atoms with van der Waals surface area (Å²) in [6, 6.07) is 1.60. The zero-order chi connectivity index (χ0) is 12.8. The maximum absolute atomic E-state index is 10.1. The van der Waals surface area contributed by atoms with Crippen LogP contribution in [0.15, 0.2) is 6.07 Å². The van der Waals surface area contributed by atoms with Gasteiger partial charge in [-0.15, -0.1) is 0 Å². The molecule has 5 heteroatoms. The van der Waals surface area contributed by atoms with E-state index < -0.39 is 11.7 Å². The molecule has 1 aromatic rings. The van der Waals surface area contributed by atoms with Crippen LogP contribution >= 0.6 is 0 Å². The standard InChI is InChI=1S/C12H16O5/c1-12(2)11(14)8-6(17-12)5-7(15-3)10(16-4)9(8)13/h5,11,13-14H,1-4H3. The van der Waals surface area contributed by atoms with Crippen molar-refractivity contribution in [3.05, 3.63) is 11.6 Å². The molecule has 0 spiro atoms. The summed E-state index contributed by atoms with van der Waals surface area (Å²) in [6.45, 7) is 3.49. The Hall–Kier alpha value is -1.62. The SMILES string of the molecule is COc1cc2c(c(O)c1OC)C(O)C(C)(C)O2. The molecule has 1 heterocycles. The first-order valence-electron chi connectivity index (χ1n) is 5.27. The Balaban J connectivity index is 2.64. The normalized spacial score (nSPS) is 20.6. The van der Waals surface area contributed by atoms with Crippen LogP contribution in [0, 0.1) is 0 Å². The van der Waals surface area contributed by atoms with Gasteiger partial charge in [0.25, 0.3) is 0 Å². The van der Waals surface area contributed by atoms with Crippen LogP contribution in [-0.4, -0.2) is 30.0 Å². The van der Waals surface area contributed by atoms with E-state index in [4.69, 9.17) is 14.2 Å². The third kappa shape index (κ3) is 1.58. The number of phenols is 1. The molecule has 0 amide bonds. The molecule has 17 heavy (non-hydrogen) atoms. The monoisotopic (exact) mass is 240 g/mol. The molecule has 0 aliphatic carbocycles. The number of hydrogen-bond donors (Lipinski definition) is 2. The molecule has 1 aliphatic heterocycles. The third-order valence-corrected chi connectivity index (χ3v) is 2.95. The maximum Gasteiger partial charge on any atom is 0.203 e. The van der Waals surface area contributed by atoms with Crippen LogP contribution in [0.3, 0.4) is 0 Å². The Bertz CT molecular complexity index is 453. The van der Waals surface area contributed by atoms with Crippen LogP contribution in [0.4, 0.5) is 0 Å². The molecule has 0 aromatic heterocycles. The molecule has 1 aliphatic rings. The van der Waals surface area contributed by atoms with Gasteiger partial charge in [0.2, 0.25) is 5.75 Å². The molecule has 94 valence electrons. The van der Waals surface area contributed by atoms with Crippen molar-refractivity contribution >= 4 is 0 Å². The number of fused-ring (bicyclic) bond motifs is 1. The third-order valence-electron chi connectivity index (χ3n) is 2.95. The smallest absolute Gasteiger partial charge is 0.203 e. The molecule has 2 rings (SSSR count). The lowest BCUT2D eigenvalue weighted by molar-refractivity contribution is -0.000107. The second-order valence-corrected chi connectivity index (χ2v) is 4.48. The number of ether oxygens (including phenoxy) is 3. The van der Waals surface area contributed by atoms with E-state index in [9.17, 15) is 10.2 Å². The lowest BCUT2D eigenvalue weighted by atomic mass is 9.96. The minimum atomic E-state index is -0.905. The highest BCUT2D eigenvalue weighted by Crippen LogP contribution is 2.53. The lowest BCUT2D eigenvalue weighted by Gasteiger charge is -2.21. The Morgan fingerprint density at radius 1 is 1.29 bits per heavy atom. The lowest BCUT2D eigenvalue weighted by Crippen LogP contribution is -2.29. The van der Waals surface area contributed by atoms with E-state index in [-0.39, 0.29) is 11.5 Å². The fraction of sp³-hybridized carbons (Fsp3) is 0.500. The molecular formula is C12H16O5. The summed E-state index contributed by atoms with van der Waals surface area (Å²) in [6.07, 6.45) is -0.905. The predicted octanol–water partition coefficient (Wildman–Crippen LogP) is 1.61. The first-order chi connectivity index (χ1) is 7.92. The Kier molecular flexibility index (Phi) is 2.58. The first kappa shape index (κ1) is 11.9. The molecule has 1 aromatic carbocycles. The average Bonchev–Trinajstić information content (AvgIpc) is 2.49. The summed E-state index contributed by atoms with van der Waals surface area (Å²) < 4.78 is 15.8. The van der Waals surface area contributed by atoms with Gasteiger partial charge in [-0.1, -0.05) is 0 Å². The van der Waals surface area contributed by atoms with Gasteiger partial charge in [-0.3, -0.25) is 0 Å². The largest absolute Gasteiger partial charge is 0.504 e. The number of rotatable bonds is 2. The minimum Gasteiger partial charge on any atom is -0.504 e. The van der Waals surface area contributed by atoms with E-state index in [1.807, 2.05) is 0 Å². The van der Waals surface area contributed by atoms with Gasteiger partial charge in [0.1, 0.15) is 17.5 Å². The number of hydrogen-bond acceptors (Lipinski definition) is 5. The van der Waals surface area contributed by atoms with Gasteiger partial charge in [-0.05, 0) is 13.8 Å². The zero-order valence-electron chi connectivity index (χ0n) is 10.3. The molecule has 0 saturated heterocycles. The van der Waals surface area contributed by atoms with Crippen LogP contribution in [0.5, 0.6) is 23.0 Å². The molecular weight excluding hydrogens is 224 g/mol. The molecule has 0 radical (unpaired) electrons. The van der Waals surface area contributed by atoms with Crippen LogP contribution in [0.25, 0.3) is 0 Å². The summed E-state index contributed by atoms with van der Waals surface area (Å²) in [7, 11) is 2.90. The topological polar surface area (TPSA) is 68.2 Å². The minimum absolute atomic E-state index is 0.139. The van der Waals surface area contributed by atoms with E-state index in [2.05, 4.69) is 0 Å². The Morgan fingerprint density at radius 3 is 2.47 bits per heavy atom. The number of aliphatic hydroxyl groups is 1. The molecule has 2 N–H and O–H groups in total. The van der Waals surface area contributed by atoms with Gasteiger partial charge in [0.15, 0.2) is 11.5 Å². The van der Waals surface area contributed by atoms with Crippen molar-refractivity contribution in [1.82, 2.24) is 0 Å². The summed E-state index contributed by atoms with van der Waals surface area (Å²) in [5, 5.41) is 20.2. The number of benzene rings is 1. The van der Waals surface area contributed by atoms with Crippen LogP contribution in [0.1, 0.15) is 25.5 Å². The van der Waals surface area contributed by atoms with Crippen molar-refractivity contribution < 1.29 is 24.4 Å². The summed E-state index contributed by atoms with van der Waals surface area (Å²) in [5.41, 5.74) is -0.440. The first-order valence-corrected chi connectivity index (χ1v) is 5.27. The van der Waals surface area contributed by atoms with Gasteiger partial charge in [-0.25, -0.2) is 0 Å². The average molecular weight is 240 g/mol. The van der Waals surface area contributed by atoms with Crippen LogP contribution in [-0.2, 0) is 0 Å². The maximum atomic E-state index is 10.1. The number of methoxy groups -OCH3 is 2. The van der Waals surface area contributed by atoms with Crippen LogP contribution in [0.2, 0.25) is 0 Å². The molecule has 0 bridgehead atoms. The Labute approximate surface area is 99.5 Å². The van der Waals surface area contributed by atoms with Crippen molar-refractivity contribution in [1.29, 1.82) is 0 Å². The highest BCUT2D eigenvalue weighted by molar-refractivity contribution is 5.63. The number of aliphatic hydroxyl groups excluding tert-OH is 1. The van der Waals surface area contributed by atoms with Gasteiger partial charge in [0, 0.05) is 6.07 Å². The number of aromatic hydroxyl groups is 1. The van der Waals surface area contributed by atoms with E-state index in [0.29, 0.717) is 17.1 Å². The second kappa shape index (κ2) is 3.70. The molecule has 1 atom stereocenters. The summed E-state index contributed by atoms with van der Waals surface area (Å²) in [5.74, 6) is 0.845. The highest BCUT2D eigenvalue weighted by atomic mass is 16.5. The van der Waals surface area contributed by atoms with Crippen molar-refractivity contribution in [2.75, 3.05) is 14.2 Å². The van der Waals surface area contributed by atoms with E-state index >= 15 is 0 Å². The van der Waals surface area contributed by atoms with Gasteiger partial charge >= 0.3 is 0 Å². The van der Waals surface area contributed by atoms with Crippen molar-refractivity contribution in [2.45, 2.75) is 25.6 Å². The fourth-order valence-corrected chi connectivity index (χ4v) is 2.00. The van der Waals surface area contributed by atoms with Crippen molar-refractivity contribution in [3.63, 3.8) is 0 Å².